The van der Waals surface area contributed by atoms with E-state index in [1.54, 1.807) is 42.6 Å². The van der Waals surface area contributed by atoms with Crippen molar-refractivity contribution < 1.29 is 13.5 Å². The van der Waals surface area contributed by atoms with Gasteiger partial charge in [-0.2, -0.15) is 0 Å². The Balaban J connectivity index is 2.57. The van der Waals surface area contributed by atoms with E-state index in [4.69, 9.17) is 0 Å². The normalized spacial score (nSPS) is 14.8. The summed E-state index contributed by atoms with van der Waals surface area (Å²) in [5, 5.41) is 10.9. The van der Waals surface area contributed by atoms with E-state index in [1.807, 2.05) is 6.07 Å². The van der Waals surface area contributed by atoms with E-state index in [1.165, 1.54) is 6.20 Å². The van der Waals surface area contributed by atoms with Gasteiger partial charge < -0.3 is 5.11 Å². The third-order valence-electron chi connectivity index (χ3n) is 2.86. The van der Waals surface area contributed by atoms with Crippen molar-refractivity contribution in [3.8, 4) is 0 Å². The lowest BCUT2D eigenvalue weighted by atomic mass is 9.89. The summed E-state index contributed by atoms with van der Waals surface area (Å²) in [7, 11) is -3.36. The van der Waals surface area contributed by atoms with Gasteiger partial charge in [0.05, 0.1) is 5.75 Å². The Kier molecular flexibility index (Phi) is 3.68. The molecule has 19 heavy (non-hydrogen) atoms. The third kappa shape index (κ3) is 3.19. The van der Waals surface area contributed by atoms with Crippen LogP contribution in [0.1, 0.15) is 11.1 Å². The Morgan fingerprint density at radius 3 is 2.26 bits per heavy atom. The van der Waals surface area contributed by atoms with Crippen molar-refractivity contribution >= 4 is 9.84 Å². The molecule has 5 heteroatoms. The first-order chi connectivity index (χ1) is 8.92. The maximum atomic E-state index is 11.6. The fraction of sp³-hybridized carbons (Fsp3) is 0.214. The summed E-state index contributed by atoms with van der Waals surface area (Å²) in [5.41, 5.74) is -0.580. The second kappa shape index (κ2) is 5.11. The Morgan fingerprint density at radius 1 is 1.11 bits per heavy atom. The van der Waals surface area contributed by atoms with Crippen molar-refractivity contribution in [2.75, 3.05) is 12.0 Å². The predicted octanol–water partition coefficient (Wildman–Crippen LogP) is 1.36. The van der Waals surface area contributed by atoms with Crippen LogP contribution < -0.4 is 0 Å². The third-order valence-corrected chi connectivity index (χ3v) is 3.80. The molecule has 2 rings (SSSR count). The number of pyridine rings is 1. The number of hydrogen-bond acceptors (Lipinski definition) is 4. The van der Waals surface area contributed by atoms with Crippen molar-refractivity contribution in [1.29, 1.82) is 0 Å². The molecule has 0 saturated heterocycles. The molecule has 0 radical (unpaired) electrons. The molecule has 1 atom stereocenters. The van der Waals surface area contributed by atoms with Crippen LogP contribution in [-0.2, 0) is 15.4 Å². The molecule has 0 aliphatic heterocycles. The number of hydrogen-bond donors (Lipinski definition) is 1. The molecule has 0 amide bonds. The van der Waals surface area contributed by atoms with Gasteiger partial charge in [-0.15, -0.1) is 0 Å². The highest BCUT2D eigenvalue weighted by Gasteiger charge is 2.35. The Labute approximate surface area is 112 Å². The lowest BCUT2D eigenvalue weighted by Gasteiger charge is -2.28. The highest BCUT2D eigenvalue weighted by Crippen LogP contribution is 2.30. The minimum atomic E-state index is -3.36. The number of aliphatic hydroxyl groups is 1. The Bertz CT molecular complexity index is 599. The molecule has 0 saturated carbocycles. The summed E-state index contributed by atoms with van der Waals surface area (Å²) in [6.45, 7) is 0. The number of benzene rings is 1. The molecular formula is C14H15NO3S. The molecule has 0 aliphatic rings. The average molecular weight is 277 g/mol. The Morgan fingerprint density at radius 2 is 1.74 bits per heavy atom. The second-order valence-corrected chi connectivity index (χ2v) is 6.68. The van der Waals surface area contributed by atoms with Crippen LogP contribution >= 0.6 is 0 Å². The molecule has 0 bridgehead atoms. The van der Waals surface area contributed by atoms with E-state index in [0.29, 0.717) is 11.1 Å². The SMILES string of the molecule is CS(=O)(=O)C[C@](O)(c1ccccc1)c1cccnc1. The topological polar surface area (TPSA) is 67.3 Å². The minimum Gasteiger partial charge on any atom is -0.379 e. The summed E-state index contributed by atoms with van der Waals surface area (Å²) in [6, 6.07) is 12.1. The van der Waals surface area contributed by atoms with Gasteiger partial charge in [0.25, 0.3) is 0 Å². The summed E-state index contributed by atoms with van der Waals surface area (Å²) in [4.78, 5) is 3.95. The standard InChI is InChI=1S/C14H15NO3S/c1-19(17,18)11-14(16,12-6-3-2-4-7-12)13-8-5-9-15-10-13/h2-10,16H,11H2,1H3/t14-/m0/s1. The number of sulfone groups is 1. The molecule has 4 nitrogen and oxygen atoms in total. The van der Waals surface area contributed by atoms with Gasteiger partial charge in [-0.3, -0.25) is 4.98 Å². The smallest absolute Gasteiger partial charge is 0.150 e. The van der Waals surface area contributed by atoms with E-state index >= 15 is 0 Å². The average Bonchev–Trinajstić information content (AvgIpc) is 2.39. The fourth-order valence-electron chi connectivity index (χ4n) is 2.03. The van der Waals surface area contributed by atoms with Gasteiger partial charge in [-0.25, -0.2) is 8.42 Å². The molecule has 2 aromatic rings. The monoisotopic (exact) mass is 277 g/mol. The van der Waals surface area contributed by atoms with Crippen LogP contribution in [0.15, 0.2) is 54.9 Å². The summed E-state index contributed by atoms with van der Waals surface area (Å²) in [5.74, 6) is -0.379. The first-order valence-corrected chi connectivity index (χ1v) is 7.84. The molecule has 1 heterocycles. The van der Waals surface area contributed by atoms with Crippen LogP contribution in [0.3, 0.4) is 0 Å². The predicted molar refractivity (Wildman–Crippen MR) is 73.4 cm³/mol. The molecule has 1 N–H and O–H groups in total. The summed E-state index contributed by atoms with van der Waals surface area (Å²) < 4.78 is 23.2. The number of aromatic nitrogens is 1. The van der Waals surface area contributed by atoms with Crippen molar-refractivity contribution in [3.05, 3.63) is 66.0 Å². The van der Waals surface area contributed by atoms with E-state index < -0.39 is 15.4 Å². The highest BCUT2D eigenvalue weighted by molar-refractivity contribution is 7.90. The molecule has 1 aromatic carbocycles. The summed E-state index contributed by atoms with van der Waals surface area (Å²) >= 11 is 0. The van der Waals surface area contributed by atoms with Gasteiger partial charge in [0, 0.05) is 24.2 Å². The number of nitrogens with zero attached hydrogens (tertiary/aromatic N) is 1. The van der Waals surface area contributed by atoms with Crippen LogP contribution in [0, 0.1) is 0 Å². The van der Waals surface area contributed by atoms with Gasteiger partial charge in [0.2, 0.25) is 0 Å². The zero-order valence-electron chi connectivity index (χ0n) is 10.5. The lowest BCUT2D eigenvalue weighted by molar-refractivity contribution is 0.105. The van der Waals surface area contributed by atoms with Crippen molar-refractivity contribution in [1.82, 2.24) is 4.98 Å². The fourth-order valence-corrected chi connectivity index (χ4v) is 3.13. The maximum Gasteiger partial charge on any atom is 0.150 e. The van der Waals surface area contributed by atoms with Crippen LogP contribution in [-0.4, -0.2) is 30.5 Å². The van der Waals surface area contributed by atoms with Gasteiger partial charge in [-0.1, -0.05) is 36.4 Å². The molecule has 0 unspecified atom stereocenters. The number of rotatable bonds is 4. The first kappa shape index (κ1) is 13.7. The Hall–Kier alpha value is -1.72. The van der Waals surface area contributed by atoms with Crippen molar-refractivity contribution in [2.45, 2.75) is 5.60 Å². The second-order valence-electron chi connectivity index (χ2n) is 4.54. The summed E-state index contributed by atoms with van der Waals surface area (Å²) in [6.07, 6.45) is 4.17. The first-order valence-electron chi connectivity index (χ1n) is 5.78. The quantitative estimate of drug-likeness (QED) is 0.916. The van der Waals surface area contributed by atoms with Crippen LogP contribution in [0.5, 0.6) is 0 Å². The molecule has 0 fully saturated rings. The lowest BCUT2D eigenvalue weighted by Crippen LogP contribution is -2.35. The van der Waals surface area contributed by atoms with E-state index in [0.717, 1.165) is 6.26 Å². The zero-order valence-corrected chi connectivity index (χ0v) is 11.3. The van der Waals surface area contributed by atoms with Crippen LogP contribution in [0.2, 0.25) is 0 Å². The van der Waals surface area contributed by atoms with Gasteiger partial charge in [0.1, 0.15) is 5.60 Å². The van der Waals surface area contributed by atoms with Gasteiger partial charge in [-0.05, 0) is 11.6 Å². The van der Waals surface area contributed by atoms with Crippen molar-refractivity contribution in [3.63, 3.8) is 0 Å². The van der Waals surface area contributed by atoms with E-state index in [2.05, 4.69) is 4.98 Å². The highest BCUT2D eigenvalue weighted by atomic mass is 32.2. The molecule has 0 spiro atoms. The van der Waals surface area contributed by atoms with Crippen LogP contribution in [0.25, 0.3) is 0 Å². The van der Waals surface area contributed by atoms with Gasteiger partial charge in [0.15, 0.2) is 9.84 Å². The van der Waals surface area contributed by atoms with Crippen LogP contribution in [0.4, 0.5) is 0 Å². The van der Waals surface area contributed by atoms with E-state index in [9.17, 15) is 13.5 Å². The minimum absolute atomic E-state index is 0.379. The maximum absolute atomic E-state index is 11.6. The molecule has 0 aliphatic carbocycles. The molecule has 1 aromatic heterocycles. The van der Waals surface area contributed by atoms with Gasteiger partial charge >= 0.3 is 0 Å². The molecule has 100 valence electrons. The zero-order chi connectivity index (χ0) is 13.9. The van der Waals surface area contributed by atoms with E-state index in [-0.39, 0.29) is 5.75 Å². The molecular weight excluding hydrogens is 262 g/mol. The largest absolute Gasteiger partial charge is 0.379 e. The van der Waals surface area contributed by atoms with Crippen molar-refractivity contribution in [2.24, 2.45) is 0 Å².